The second-order valence-electron chi connectivity index (χ2n) is 6.00. The van der Waals surface area contributed by atoms with Gasteiger partial charge in [-0.25, -0.2) is 8.42 Å². The van der Waals surface area contributed by atoms with Crippen LogP contribution in [-0.4, -0.2) is 48.0 Å². The number of nitrogens with zero attached hydrogens (tertiary/aromatic N) is 4. The van der Waals surface area contributed by atoms with Crippen molar-refractivity contribution in [1.29, 1.82) is 0 Å². The Bertz CT molecular complexity index is 1140. The minimum Gasteiger partial charge on any atom is -0.350 e. The Morgan fingerprint density at radius 1 is 1.07 bits per heavy atom. The quantitative estimate of drug-likeness (QED) is 0.617. The molecule has 0 saturated heterocycles. The molecule has 9 nitrogen and oxygen atoms in total. The Hall–Kier alpha value is -3.53. The summed E-state index contributed by atoms with van der Waals surface area (Å²) in [7, 11) is -3.55. The lowest BCUT2D eigenvalue weighted by Crippen LogP contribution is -2.27. The van der Waals surface area contributed by atoms with E-state index in [-0.39, 0.29) is 23.9 Å². The Labute approximate surface area is 161 Å². The van der Waals surface area contributed by atoms with Gasteiger partial charge in [-0.05, 0) is 36.4 Å². The number of hydrogen-bond donors (Lipinski definition) is 2. The van der Waals surface area contributed by atoms with Crippen LogP contribution in [0.2, 0.25) is 0 Å². The molecule has 0 spiro atoms. The third-order valence-corrected chi connectivity index (χ3v) is 5.57. The summed E-state index contributed by atoms with van der Waals surface area (Å²) in [5.41, 5.74) is 1.90. The first-order valence-corrected chi connectivity index (χ1v) is 9.93. The number of sulfonamides is 1. The smallest absolute Gasteiger partial charge is 0.263 e. The third-order valence-electron chi connectivity index (χ3n) is 4.18. The standard InChI is InChI=1S/C18H16N6O3S/c25-18(13-5-7-14(8-6-13)24-11-21-22-12-24)20-10-9-19-17-15-3-1-2-4-16(15)28(26,27)23-17/h1-8,11-12H,9-10H2,(H,19,23)(H,20,25). The highest BCUT2D eigenvalue weighted by atomic mass is 32.2. The zero-order valence-electron chi connectivity index (χ0n) is 14.6. The highest BCUT2D eigenvalue weighted by Gasteiger charge is 2.29. The molecule has 0 fully saturated rings. The highest BCUT2D eigenvalue weighted by Crippen LogP contribution is 2.21. The van der Waals surface area contributed by atoms with Crippen LogP contribution in [0.5, 0.6) is 0 Å². The van der Waals surface area contributed by atoms with E-state index < -0.39 is 10.0 Å². The Balaban J connectivity index is 1.36. The van der Waals surface area contributed by atoms with E-state index >= 15 is 0 Å². The van der Waals surface area contributed by atoms with E-state index in [1.54, 1.807) is 59.7 Å². The fourth-order valence-corrected chi connectivity index (χ4v) is 4.06. The number of hydrogen-bond acceptors (Lipinski definition) is 6. The molecule has 2 N–H and O–H groups in total. The van der Waals surface area contributed by atoms with E-state index in [4.69, 9.17) is 0 Å². The Morgan fingerprint density at radius 2 is 1.79 bits per heavy atom. The summed E-state index contributed by atoms with van der Waals surface area (Å²) in [6, 6.07) is 13.6. The molecular formula is C18H16N6O3S. The zero-order valence-corrected chi connectivity index (χ0v) is 15.4. The van der Waals surface area contributed by atoms with Gasteiger partial charge in [0.25, 0.3) is 15.9 Å². The van der Waals surface area contributed by atoms with Gasteiger partial charge in [-0.3, -0.25) is 19.1 Å². The molecule has 4 rings (SSSR count). The maximum atomic E-state index is 12.2. The van der Waals surface area contributed by atoms with Crippen LogP contribution in [0.1, 0.15) is 15.9 Å². The van der Waals surface area contributed by atoms with Crippen molar-refractivity contribution in [3.63, 3.8) is 0 Å². The van der Waals surface area contributed by atoms with Gasteiger partial charge in [-0.2, -0.15) is 0 Å². The molecule has 142 valence electrons. The van der Waals surface area contributed by atoms with E-state index in [9.17, 15) is 13.2 Å². The van der Waals surface area contributed by atoms with Gasteiger partial charge in [-0.1, -0.05) is 12.1 Å². The van der Waals surface area contributed by atoms with E-state index in [0.29, 0.717) is 17.0 Å². The average Bonchev–Trinajstić information content (AvgIpc) is 3.33. The summed E-state index contributed by atoms with van der Waals surface area (Å²) in [6.45, 7) is 0.524. The number of benzene rings is 2. The first-order valence-electron chi connectivity index (χ1n) is 8.44. The fourth-order valence-electron chi connectivity index (χ4n) is 2.81. The molecule has 1 aliphatic heterocycles. The van der Waals surface area contributed by atoms with Gasteiger partial charge in [0.2, 0.25) is 0 Å². The van der Waals surface area contributed by atoms with Crippen LogP contribution < -0.4 is 10.0 Å². The van der Waals surface area contributed by atoms with Gasteiger partial charge in [0.05, 0.1) is 11.4 Å². The number of amides is 1. The Kier molecular flexibility index (Phi) is 4.62. The topological polar surface area (TPSA) is 118 Å². The highest BCUT2D eigenvalue weighted by molar-refractivity contribution is 7.90. The molecule has 0 bridgehead atoms. The SMILES string of the molecule is O=C(NCCN=C1NS(=O)(=O)c2ccccc21)c1ccc(-n2cnnc2)cc1. The van der Waals surface area contributed by atoms with E-state index in [1.165, 1.54) is 6.07 Å². The molecular weight excluding hydrogens is 380 g/mol. The Morgan fingerprint density at radius 3 is 2.54 bits per heavy atom. The maximum Gasteiger partial charge on any atom is 0.263 e. The number of fused-ring (bicyclic) bond motifs is 1. The van der Waals surface area contributed by atoms with E-state index in [0.717, 1.165) is 5.69 Å². The number of carbonyl (C=O) groups excluding carboxylic acids is 1. The minimum atomic E-state index is -3.55. The average molecular weight is 396 g/mol. The molecule has 0 radical (unpaired) electrons. The van der Waals surface area contributed by atoms with Gasteiger partial charge in [-0.15, -0.1) is 10.2 Å². The van der Waals surface area contributed by atoms with E-state index in [2.05, 4.69) is 25.2 Å². The van der Waals surface area contributed by atoms with Crippen molar-refractivity contribution in [2.24, 2.45) is 4.99 Å². The largest absolute Gasteiger partial charge is 0.350 e. The molecule has 1 aliphatic rings. The summed E-state index contributed by atoms with van der Waals surface area (Å²) in [5.74, 6) is 0.0612. The van der Waals surface area contributed by atoms with Crippen LogP contribution in [0.15, 0.2) is 71.1 Å². The molecule has 3 aromatic rings. The lowest BCUT2D eigenvalue weighted by Gasteiger charge is -2.06. The second-order valence-corrected chi connectivity index (χ2v) is 7.65. The molecule has 2 aromatic carbocycles. The predicted octanol–water partition coefficient (Wildman–Crippen LogP) is 0.736. The van der Waals surface area contributed by atoms with Crippen molar-refractivity contribution in [1.82, 2.24) is 24.8 Å². The normalized spacial score (nSPS) is 15.8. The monoisotopic (exact) mass is 396 g/mol. The first kappa shape index (κ1) is 17.9. The molecule has 28 heavy (non-hydrogen) atoms. The lowest BCUT2D eigenvalue weighted by atomic mass is 10.2. The molecule has 0 unspecified atom stereocenters. The van der Waals surface area contributed by atoms with Gasteiger partial charge >= 0.3 is 0 Å². The minimum absolute atomic E-state index is 0.214. The van der Waals surface area contributed by atoms with Crippen molar-refractivity contribution < 1.29 is 13.2 Å². The summed E-state index contributed by atoms with van der Waals surface area (Å²) in [6.07, 6.45) is 3.15. The molecule has 1 aromatic heterocycles. The first-order chi connectivity index (χ1) is 13.5. The molecule has 1 amide bonds. The fraction of sp³-hybridized carbons (Fsp3) is 0.111. The van der Waals surface area contributed by atoms with E-state index in [1.807, 2.05) is 0 Å². The molecule has 10 heteroatoms. The van der Waals surface area contributed by atoms with Crippen LogP contribution in [-0.2, 0) is 10.0 Å². The molecule has 0 atom stereocenters. The maximum absolute atomic E-state index is 12.2. The van der Waals surface area contributed by atoms with Crippen molar-refractivity contribution >= 4 is 21.8 Å². The number of nitrogens with one attached hydrogen (secondary N) is 2. The van der Waals surface area contributed by atoms with Crippen LogP contribution >= 0.6 is 0 Å². The van der Waals surface area contributed by atoms with Gasteiger partial charge < -0.3 is 5.32 Å². The predicted molar refractivity (Wildman–Crippen MR) is 102 cm³/mol. The van der Waals surface area contributed by atoms with Crippen molar-refractivity contribution in [3.8, 4) is 5.69 Å². The number of carbonyl (C=O) groups is 1. The summed E-state index contributed by atoms with van der Waals surface area (Å²) in [5, 5.41) is 10.2. The third kappa shape index (κ3) is 3.49. The van der Waals surface area contributed by atoms with Crippen molar-refractivity contribution in [2.75, 3.05) is 13.1 Å². The van der Waals surface area contributed by atoms with Crippen molar-refractivity contribution in [2.45, 2.75) is 4.90 Å². The number of aromatic nitrogens is 3. The van der Waals surface area contributed by atoms with Crippen LogP contribution in [0.4, 0.5) is 0 Å². The van der Waals surface area contributed by atoms with Gasteiger partial charge in [0.1, 0.15) is 18.5 Å². The summed E-state index contributed by atoms with van der Waals surface area (Å²) < 4.78 is 28.2. The van der Waals surface area contributed by atoms with Gasteiger partial charge in [0.15, 0.2) is 0 Å². The van der Waals surface area contributed by atoms with Crippen molar-refractivity contribution in [3.05, 3.63) is 72.3 Å². The molecule has 0 aliphatic carbocycles. The molecule has 2 heterocycles. The van der Waals surface area contributed by atoms with Crippen LogP contribution in [0.25, 0.3) is 5.69 Å². The number of aliphatic imine (C=N–C) groups is 1. The summed E-state index contributed by atoms with van der Waals surface area (Å²) >= 11 is 0. The zero-order chi connectivity index (χ0) is 19.6. The number of amidine groups is 1. The molecule has 0 saturated carbocycles. The summed E-state index contributed by atoms with van der Waals surface area (Å²) in [4.78, 5) is 16.7. The van der Waals surface area contributed by atoms with Gasteiger partial charge in [0, 0.05) is 23.4 Å². The second kappa shape index (κ2) is 7.24. The van der Waals surface area contributed by atoms with Crippen LogP contribution in [0, 0.1) is 0 Å². The number of rotatable bonds is 5. The lowest BCUT2D eigenvalue weighted by molar-refractivity contribution is 0.0955. The van der Waals surface area contributed by atoms with Crippen LogP contribution in [0.3, 0.4) is 0 Å².